The molecule has 140 valence electrons. The SMILES string of the molecule is CC1CCCN(C(=O)c2nc(C(=O)NCCN(C)C)c3ccccn23)C1. The normalized spacial score (nSPS) is 17.7. The lowest BCUT2D eigenvalue weighted by atomic mass is 10.0. The van der Waals surface area contributed by atoms with Crippen LogP contribution in [0.2, 0.25) is 0 Å². The summed E-state index contributed by atoms with van der Waals surface area (Å²) in [6.45, 7) is 4.92. The summed E-state index contributed by atoms with van der Waals surface area (Å²) in [5, 5.41) is 2.88. The molecule has 7 nitrogen and oxygen atoms in total. The zero-order valence-electron chi connectivity index (χ0n) is 15.7. The molecule has 1 N–H and O–H groups in total. The summed E-state index contributed by atoms with van der Waals surface area (Å²) in [4.78, 5) is 33.9. The summed E-state index contributed by atoms with van der Waals surface area (Å²) in [7, 11) is 3.91. The summed E-state index contributed by atoms with van der Waals surface area (Å²) in [5.74, 6) is 0.451. The Morgan fingerprint density at radius 2 is 2.15 bits per heavy atom. The number of likely N-dealkylation sites (N-methyl/N-ethyl adjacent to an activating group) is 1. The largest absolute Gasteiger partial charge is 0.349 e. The zero-order valence-corrected chi connectivity index (χ0v) is 15.7. The van der Waals surface area contributed by atoms with Gasteiger partial charge in [-0.05, 0) is 45.0 Å². The van der Waals surface area contributed by atoms with Gasteiger partial charge in [-0.3, -0.25) is 14.0 Å². The number of nitrogens with one attached hydrogen (secondary N) is 1. The van der Waals surface area contributed by atoms with E-state index in [1.807, 2.05) is 42.1 Å². The van der Waals surface area contributed by atoms with E-state index in [0.29, 0.717) is 29.5 Å². The Kier molecular flexibility index (Phi) is 5.56. The lowest BCUT2D eigenvalue weighted by molar-refractivity contribution is 0.0670. The number of likely N-dealkylation sites (tertiary alicyclic amines) is 1. The van der Waals surface area contributed by atoms with Crippen molar-refractivity contribution in [3.8, 4) is 0 Å². The number of hydrogen-bond donors (Lipinski definition) is 1. The number of aromatic nitrogens is 2. The van der Waals surface area contributed by atoms with E-state index in [2.05, 4.69) is 17.2 Å². The van der Waals surface area contributed by atoms with E-state index in [-0.39, 0.29) is 11.8 Å². The van der Waals surface area contributed by atoms with E-state index in [1.54, 1.807) is 10.6 Å². The molecule has 2 aromatic heterocycles. The maximum absolute atomic E-state index is 13.0. The zero-order chi connectivity index (χ0) is 18.7. The fourth-order valence-electron chi connectivity index (χ4n) is 3.35. The van der Waals surface area contributed by atoms with Gasteiger partial charge >= 0.3 is 0 Å². The second-order valence-electron chi connectivity index (χ2n) is 7.30. The number of fused-ring (bicyclic) bond motifs is 1. The number of carbonyl (C=O) groups excluding carboxylic acids is 2. The molecule has 1 unspecified atom stereocenters. The highest BCUT2D eigenvalue weighted by molar-refractivity contribution is 6.02. The van der Waals surface area contributed by atoms with Crippen molar-refractivity contribution in [2.24, 2.45) is 5.92 Å². The van der Waals surface area contributed by atoms with Gasteiger partial charge in [0, 0.05) is 32.4 Å². The Bertz CT molecular complexity index is 798. The fraction of sp³-hybridized carbons (Fsp3) is 0.526. The number of hydrogen-bond acceptors (Lipinski definition) is 4. The summed E-state index contributed by atoms with van der Waals surface area (Å²) >= 11 is 0. The van der Waals surface area contributed by atoms with Crippen molar-refractivity contribution < 1.29 is 9.59 Å². The van der Waals surface area contributed by atoms with Gasteiger partial charge in [-0.25, -0.2) is 4.98 Å². The van der Waals surface area contributed by atoms with Crippen LogP contribution in [-0.4, -0.2) is 71.3 Å². The molecule has 26 heavy (non-hydrogen) atoms. The molecule has 7 heteroatoms. The lowest BCUT2D eigenvalue weighted by Crippen LogP contribution is -2.40. The molecule has 2 aromatic rings. The van der Waals surface area contributed by atoms with Gasteiger partial charge in [0.25, 0.3) is 11.8 Å². The van der Waals surface area contributed by atoms with Crippen LogP contribution in [0, 0.1) is 5.92 Å². The molecule has 0 bridgehead atoms. The monoisotopic (exact) mass is 357 g/mol. The van der Waals surface area contributed by atoms with Crippen LogP contribution in [0.5, 0.6) is 0 Å². The first kappa shape index (κ1) is 18.4. The Balaban J connectivity index is 1.87. The van der Waals surface area contributed by atoms with Crippen molar-refractivity contribution >= 4 is 17.3 Å². The van der Waals surface area contributed by atoms with Crippen LogP contribution in [0.3, 0.4) is 0 Å². The van der Waals surface area contributed by atoms with Gasteiger partial charge in [0.2, 0.25) is 5.82 Å². The summed E-state index contributed by atoms with van der Waals surface area (Å²) in [6.07, 6.45) is 3.94. The molecule has 0 saturated carbocycles. The van der Waals surface area contributed by atoms with Crippen molar-refractivity contribution in [1.82, 2.24) is 24.5 Å². The smallest absolute Gasteiger partial charge is 0.290 e. The van der Waals surface area contributed by atoms with Crippen LogP contribution in [0.25, 0.3) is 5.52 Å². The molecule has 0 spiro atoms. The number of pyridine rings is 1. The first-order chi connectivity index (χ1) is 12.5. The molecule has 3 rings (SSSR count). The molecule has 0 aromatic carbocycles. The minimum atomic E-state index is -0.249. The number of piperidine rings is 1. The van der Waals surface area contributed by atoms with E-state index in [4.69, 9.17) is 0 Å². The standard InChI is InChI=1S/C19H27N5O2/c1-14-7-6-10-23(13-14)19(26)17-21-16(15-8-4-5-11-24(15)17)18(25)20-9-12-22(2)3/h4-5,8,11,14H,6-7,9-10,12-13H2,1-3H3,(H,20,25). The third-order valence-electron chi connectivity index (χ3n) is 4.74. The van der Waals surface area contributed by atoms with Crippen LogP contribution in [0.15, 0.2) is 24.4 Å². The molecular weight excluding hydrogens is 330 g/mol. The Hall–Kier alpha value is -2.41. The Morgan fingerprint density at radius 3 is 2.88 bits per heavy atom. The number of imidazole rings is 1. The van der Waals surface area contributed by atoms with Gasteiger partial charge < -0.3 is 15.1 Å². The van der Waals surface area contributed by atoms with Crippen molar-refractivity contribution in [3.63, 3.8) is 0 Å². The quantitative estimate of drug-likeness (QED) is 0.880. The molecule has 0 aliphatic carbocycles. The highest BCUT2D eigenvalue weighted by Crippen LogP contribution is 2.20. The molecule has 0 radical (unpaired) electrons. The first-order valence-electron chi connectivity index (χ1n) is 9.16. The fourth-order valence-corrected chi connectivity index (χ4v) is 3.35. The van der Waals surface area contributed by atoms with Crippen LogP contribution in [0.4, 0.5) is 0 Å². The summed E-state index contributed by atoms with van der Waals surface area (Å²) in [5.41, 5.74) is 0.959. The minimum absolute atomic E-state index is 0.106. The maximum Gasteiger partial charge on any atom is 0.290 e. The van der Waals surface area contributed by atoms with Gasteiger partial charge in [-0.1, -0.05) is 13.0 Å². The molecule has 1 aliphatic heterocycles. The lowest BCUT2D eigenvalue weighted by Gasteiger charge is -2.30. The molecule has 1 atom stereocenters. The van der Waals surface area contributed by atoms with Gasteiger partial charge in [-0.15, -0.1) is 0 Å². The highest BCUT2D eigenvalue weighted by Gasteiger charge is 2.27. The van der Waals surface area contributed by atoms with E-state index < -0.39 is 0 Å². The topological polar surface area (TPSA) is 70.0 Å². The summed E-state index contributed by atoms with van der Waals surface area (Å²) in [6, 6.07) is 5.52. The molecule has 1 fully saturated rings. The van der Waals surface area contributed by atoms with E-state index in [1.165, 1.54) is 0 Å². The third kappa shape index (κ3) is 3.88. The van der Waals surface area contributed by atoms with Crippen molar-refractivity contribution in [3.05, 3.63) is 35.9 Å². The van der Waals surface area contributed by atoms with Gasteiger partial charge in [0.1, 0.15) is 0 Å². The van der Waals surface area contributed by atoms with Crippen LogP contribution < -0.4 is 5.32 Å². The number of amides is 2. The van der Waals surface area contributed by atoms with Gasteiger partial charge in [0.05, 0.1) is 5.52 Å². The Morgan fingerprint density at radius 1 is 1.35 bits per heavy atom. The van der Waals surface area contributed by atoms with Crippen molar-refractivity contribution in [2.45, 2.75) is 19.8 Å². The van der Waals surface area contributed by atoms with Gasteiger partial charge in [-0.2, -0.15) is 0 Å². The number of carbonyl (C=O) groups is 2. The summed E-state index contributed by atoms with van der Waals surface area (Å²) < 4.78 is 1.72. The second kappa shape index (κ2) is 7.86. The molecular formula is C19H27N5O2. The first-order valence-corrected chi connectivity index (χ1v) is 9.16. The van der Waals surface area contributed by atoms with E-state index >= 15 is 0 Å². The predicted molar refractivity (Wildman–Crippen MR) is 100 cm³/mol. The van der Waals surface area contributed by atoms with Crippen LogP contribution in [0.1, 0.15) is 40.9 Å². The number of rotatable bonds is 5. The van der Waals surface area contributed by atoms with Crippen LogP contribution >= 0.6 is 0 Å². The molecule has 1 aliphatic rings. The number of nitrogens with zero attached hydrogens (tertiary/aromatic N) is 4. The van der Waals surface area contributed by atoms with Crippen molar-refractivity contribution in [1.29, 1.82) is 0 Å². The average molecular weight is 357 g/mol. The third-order valence-corrected chi connectivity index (χ3v) is 4.74. The highest BCUT2D eigenvalue weighted by atomic mass is 16.2. The molecule has 1 saturated heterocycles. The second-order valence-corrected chi connectivity index (χ2v) is 7.30. The van der Waals surface area contributed by atoms with Crippen LogP contribution in [-0.2, 0) is 0 Å². The molecule has 3 heterocycles. The average Bonchev–Trinajstić information content (AvgIpc) is 3.00. The maximum atomic E-state index is 13.0. The van der Waals surface area contributed by atoms with Crippen molar-refractivity contribution in [2.75, 3.05) is 40.3 Å². The molecule has 2 amide bonds. The Labute approximate surface area is 154 Å². The van der Waals surface area contributed by atoms with E-state index in [9.17, 15) is 9.59 Å². The predicted octanol–water partition coefficient (Wildman–Crippen LogP) is 1.50. The van der Waals surface area contributed by atoms with E-state index in [0.717, 1.165) is 32.5 Å². The minimum Gasteiger partial charge on any atom is -0.349 e. The van der Waals surface area contributed by atoms with Gasteiger partial charge in [0.15, 0.2) is 5.69 Å².